The number of rotatable bonds is 6. The fourth-order valence-electron chi connectivity index (χ4n) is 0.610. The van der Waals surface area contributed by atoms with E-state index in [2.05, 4.69) is 5.32 Å². The number of carbonyl (C=O) groups excluding carboxylic acids is 1. The summed E-state index contributed by atoms with van der Waals surface area (Å²) in [5, 5.41) is 3.12. The highest BCUT2D eigenvalue weighted by Gasteiger charge is 1.97. The van der Waals surface area contributed by atoms with E-state index < -0.39 is 0 Å². The smallest absolute Gasteiger partial charge is 0.145 e. The fourth-order valence-corrected chi connectivity index (χ4v) is 0.610. The van der Waals surface area contributed by atoms with Crippen molar-refractivity contribution in [2.75, 3.05) is 19.7 Å². The van der Waals surface area contributed by atoms with Crippen LogP contribution in [0.1, 0.15) is 13.8 Å². The molecule has 0 bridgehead atoms. The Hall–Kier alpha value is -0.410. The van der Waals surface area contributed by atoms with Gasteiger partial charge in [-0.2, -0.15) is 0 Å². The highest BCUT2D eigenvalue weighted by atomic mass is 16.5. The molecule has 3 nitrogen and oxygen atoms in total. The van der Waals surface area contributed by atoms with Crippen LogP contribution in [0.5, 0.6) is 0 Å². The molecule has 0 rings (SSSR count). The van der Waals surface area contributed by atoms with Crippen LogP contribution >= 0.6 is 0 Å². The van der Waals surface area contributed by atoms with Crippen molar-refractivity contribution >= 4 is 6.29 Å². The molecule has 0 saturated carbocycles. The van der Waals surface area contributed by atoms with Crippen LogP contribution in [-0.2, 0) is 9.53 Å². The van der Waals surface area contributed by atoms with Crippen LogP contribution in [0.4, 0.5) is 0 Å². The molecule has 3 heteroatoms. The minimum atomic E-state index is 0.130. The standard InChI is InChI=1S/C7H15NO2/c1-3-8-6-7(2)10-5-4-9/h4,7-8H,3,5-6H2,1-2H3. The van der Waals surface area contributed by atoms with E-state index in [1.807, 2.05) is 13.8 Å². The number of ether oxygens (including phenoxy) is 1. The van der Waals surface area contributed by atoms with Crippen molar-refractivity contribution in [3.05, 3.63) is 0 Å². The normalized spacial score (nSPS) is 13.0. The molecule has 0 amide bonds. The third kappa shape index (κ3) is 5.72. The summed E-state index contributed by atoms with van der Waals surface area (Å²) in [4.78, 5) is 9.84. The maximum atomic E-state index is 9.84. The summed E-state index contributed by atoms with van der Waals surface area (Å²) in [7, 11) is 0. The first kappa shape index (κ1) is 9.59. The number of hydrogen-bond acceptors (Lipinski definition) is 3. The van der Waals surface area contributed by atoms with Crippen molar-refractivity contribution in [3.8, 4) is 0 Å². The maximum absolute atomic E-state index is 9.84. The van der Waals surface area contributed by atoms with Gasteiger partial charge in [0.2, 0.25) is 0 Å². The molecule has 0 spiro atoms. The van der Waals surface area contributed by atoms with Crippen molar-refractivity contribution in [1.29, 1.82) is 0 Å². The lowest BCUT2D eigenvalue weighted by Crippen LogP contribution is -2.26. The van der Waals surface area contributed by atoms with E-state index in [1.165, 1.54) is 0 Å². The molecule has 0 aromatic carbocycles. The Kier molecular flexibility index (Phi) is 6.43. The molecule has 0 heterocycles. The van der Waals surface area contributed by atoms with Gasteiger partial charge in [-0.25, -0.2) is 0 Å². The van der Waals surface area contributed by atoms with Gasteiger partial charge in [0.05, 0.1) is 6.10 Å². The number of carbonyl (C=O) groups is 1. The summed E-state index contributed by atoms with van der Waals surface area (Å²) in [6.07, 6.45) is 0.896. The van der Waals surface area contributed by atoms with Crippen LogP contribution in [0, 0.1) is 0 Å². The Morgan fingerprint density at radius 3 is 2.90 bits per heavy atom. The molecule has 0 radical (unpaired) electrons. The molecule has 0 aromatic heterocycles. The zero-order valence-electron chi connectivity index (χ0n) is 6.59. The average molecular weight is 145 g/mol. The minimum absolute atomic E-state index is 0.130. The predicted octanol–water partition coefficient (Wildman–Crippen LogP) is 0.200. The maximum Gasteiger partial charge on any atom is 0.145 e. The second-order valence-corrected chi connectivity index (χ2v) is 2.12. The first-order valence-corrected chi connectivity index (χ1v) is 3.57. The van der Waals surface area contributed by atoms with Gasteiger partial charge < -0.3 is 14.8 Å². The summed E-state index contributed by atoms with van der Waals surface area (Å²) >= 11 is 0. The van der Waals surface area contributed by atoms with Crippen molar-refractivity contribution in [1.82, 2.24) is 5.32 Å². The Morgan fingerprint density at radius 2 is 2.40 bits per heavy atom. The van der Waals surface area contributed by atoms with Gasteiger partial charge in [-0.05, 0) is 13.5 Å². The monoisotopic (exact) mass is 145 g/mol. The SMILES string of the molecule is CCNCC(C)OCC=O. The van der Waals surface area contributed by atoms with E-state index >= 15 is 0 Å². The average Bonchev–Trinajstić information content (AvgIpc) is 1.97. The molecular formula is C7H15NO2. The Bertz CT molecular complexity index is 85.7. The molecule has 0 fully saturated rings. The van der Waals surface area contributed by atoms with E-state index in [0.29, 0.717) is 0 Å². The van der Waals surface area contributed by atoms with E-state index in [1.54, 1.807) is 0 Å². The first-order valence-electron chi connectivity index (χ1n) is 3.57. The predicted molar refractivity (Wildman–Crippen MR) is 40.0 cm³/mol. The van der Waals surface area contributed by atoms with Gasteiger partial charge in [0.25, 0.3) is 0 Å². The van der Waals surface area contributed by atoms with E-state index in [4.69, 9.17) is 4.74 Å². The quantitative estimate of drug-likeness (QED) is 0.543. The molecule has 1 atom stereocenters. The second-order valence-electron chi connectivity index (χ2n) is 2.12. The Labute approximate surface area is 61.8 Å². The lowest BCUT2D eigenvalue weighted by molar-refractivity contribution is -0.113. The Balaban J connectivity index is 3.07. The largest absolute Gasteiger partial charge is 0.370 e. The fraction of sp³-hybridized carbons (Fsp3) is 0.857. The topological polar surface area (TPSA) is 38.3 Å². The van der Waals surface area contributed by atoms with Gasteiger partial charge in [-0.1, -0.05) is 6.92 Å². The molecule has 0 aromatic rings. The third-order valence-electron chi connectivity index (χ3n) is 1.13. The molecule has 0 saturated heterocycles. The summed E-state index contributed by atoms with van der Waals surface area (Å²) in [6, 6.07) is 0. The first-order chi connectivity index (χ1) is 4.81. The van der Waals surface area contributed by atoms with Gasteiger partial charge in [0.15, 0.2) is 0 Å². The number of nitrogens with one attached hydrogen (secondary N) is 1. The number of hydrogen-bond donors (Lipinski definition) is 1. The summed E-state index contributed by atoms with van der Waals surface area (Å²) in [6.45, 7) is 5.92. The molecule has 1 unspecified atom stereocenters. The molecule has 0 aliphatic rings. The minimum Gasteiger partial charge on any atom is -0.370 e. The van der Waals surface area contributed by atoms with Crippen molar-refractivity contribution in [3.63, 3.8) is 0 Å². The molecule has 10 heavy (non-hydrogen) atoms. The number of aldehydes is 1. The second kappa shape index (κ2) is 6.71. The van der Waals surface area contributed by atoms with Crippen molar-refractivity contribution in [2.24, 2.45) is 0 Å². The number of likely N-dealkylation sites (N-methyl/N-ethyl adjacent to an activating group) is 1. The van der Waals surface area contributed by atoms with Crippen molar-refractivity contribution in [2.45, 2.75) is 20.0 Å². The molecule has 0 aliphatic heterocycles. The zero-order valence-corrected chi connectivity index (χ0v) is 6.59. The van der Waals surface area contributed by atoms with Crippen LogP contribution in [0.2, 0.25) is 0 Å². The zero-order chi connectivity index (χ0) is 7.82. The highest BCUT2D eigenvalue weighted by Crippen LogP contribution is 1.85. The summed E-state index contributed by atoms with van der Waals surface area (Å²) < 4.78 is 5.06. The summed E-state index contributed by atoms with van der Waals surface area (Å²) in [5.41, 5.74) is 0. The van der Waals surface area contributed by atoms with E-state index in [0.717, 1.165) is 19.4 Å². The van der Waals surface area contributed by atoms with Crippen molar-refractivity contribution < 1.29 is 9.53 Å². The van der Waals surface area contributed by atoms with Gasteiger partial charge in [0, 0.05) is 6.54 Å². The van der Waals surface area contributed by atoms with Gasteiger partial charge in [-0.15, -0.1) is 0 Å². The third-order valence-corrected chi connectivity index (χ3v) is 1.13. The van der Waals surface area contributed by atoms with Gasteiger partial charge >= 0.3 is 0 Å². The van der Waals surface area contributed by atoms with E-state index in [9.17, 15) is 4.79 Å². The molecule has 60 valence electrons. The molecule has 0 aliphatic carbocycles. The molecule has 1 N–H and O–H groups in total. The van der Waals surface area contributed by atoms with Crippen LogP contribution < -0.4 is 5.32 Å². The lowest BCUT2D eigenvalue weighted by Gasteiger charge is -2.10. The van der Waals surface area contributed by atoms with E-state index in [-0.39, 0.29) is 12.7 Å². The van der Waals surface area contributed by atoms with Gasteiger partial charge in [-0.3, -0.25) is 0 Å². The Morgan fingerprint density at radius 1 is 1.70 bits per heavy atom. The van der Waals surface area contributed by atoms with Crippen LogP contribution in [-0.4, -0.2) is 32.1 Å². The van der Waals surface area contributed by atoms with Crippen LogP contribution in [0.25, 0.3) is 0 Å². The highest BCUT2D eigenvalue weighted by molar-refractivity contribution is 5.50. The van der Waals surface area contributed by atoms with Crippen LogP contribution in [0.15, 0.2) is 0 Å². The lowest BCUT2D eigenvalue weighted by atomic mass is 10.4. The van der Waals surface area contributed by atoms with Crippen LogP contribution in [0.3, 0.4) is 0 Å². The molecular weight excluding hydrogens is 130 g/mol. The summed E-state index contributed by atoms with van der Waals surface area (Å²) in [5.74, 6) is 0. The van der Waals surface area contributed by atoms with Gasteiger partial charge in [0.1, 0.15) is 12.9 Å².